The third kappa shape index (κ3) is 2.77. The van der Waals surface area contributed by atoms with Crippen molar-refractivity contribution in [3.05, 3.63) is 67.0 Å². The number of hydrogen-bond donors (Lipinski definition) is 0. The topological polar surface area (TPSA) is 110 Å². The van der Waals surface area contributed by atoms with E-state index in [0.29, 0.717) is 16.0 Å². The lowest BCUT2D eigenvalue weighted by molar-refractivity contribution is -0.385. The number of nitro groups is 1. The molecule has 0 aliphatic carbocycles. The van der Waals surface area contributed by atoms with Crippen LogP contribution in [0.15, 0.2) is 41.2 Å². The molecule has 2 heterocycles. The van der Waals surface area contributed by atoms with Crippen LogP contribution in [0.3, 0.4) is 0 Å². The molecular weight excluding hydrogens is 370 g/mol. The van der Waals surface area contributed by atoms with E-state index in [-0.39, 0.29) is 33.7 Å². The van der Waals surface area contributed by atoms with E-state index in [9.17, 15) is 20.0 Å². The molecule has 9 heteroatoms. The summed E-state index contributed by atoms with van der Waals surface area (Å²) >= 11 is 1.12. The number of benzene rings is 2. The number of imidazole rings is 1. The molecule has 0 radical (unpaired) electrons. The van der Waals surface area contributed by atoms with Crippen LogP contribution in [0, 0.1) is 10.1 Å². The highest BCUT2D eigenvalue weighted by Crippen LogP contribution is 2.33. The number of thiazole rings is 1. The zero-order chi connectivity index (χ0) is 19.1. The van der Waals surface area contributed by atoms with Crippen LogP contribution < -0.4 is 19.9 Å². The third-order valence-corrected chi connectivity index (χ3v) is 4.98. The maximum atomic E-state index is 12.8. The molecule has 8 nitrogen and oxygen atoms in total. The monoisotopic (exact) mass is 382 g/mol. The van der Waals surface area contributed by atoms with Gasteiger partial charge in [0, 0.05) is 6.07 Å². The van der Waals surface area contributed by atoms with Gasteiger partial charge < -0.3 is 9.84 Å². The summed E-state index contributed by atoms with van der Waals surface area (Å²) in [7, 11) is 0. The molecule has 27 heavy (non-hydrogen) atoms. The van der Waals surface area contributed by atoms with Crippen LogP contribution in [0.4, 0.5) is 5.69 Å². The van der Waals surface area contributed by atoms with Gasteiger partial charge in [-0.2, -0.15) is 0 Å². The molecule has 2 aromatic heterocycles. The van der Waals surface area contributed by atoms with Crippen molar-refractivity contribution < 1.29 is 14.8 Å². The van der Waals surface area contributed by atoms with Crippen LogP contribution >= 0.6 is 11.3 Å². The van der Waals surface area contributed by atoms with Gasteiger partial charge in [0.2, 0.25) is 0 Å². The lowest BCUT2D eigenvalue weighted by atomic mass is 10.1. The predicted molar refractivity (Wildman–Crippen MR) is 99.3 cm³/mol. The Morgan fingerprint density at radius 1 is 1.33 bits per heavy atom. The van der Waals surface area contributed by atoms with E-state index in [1.54, 1.807) is 13.0 Å². The molecule has 0 aliphatic heterocycles. The number of rotatable bonds is 4. The molecule has 0 unspecified atom stereocenters. The van der Waals surface area contributed by atoms with E-state index in [1.807, 2.05) is 18.2 Å². The Morgan fingerprint density at radius 2 is 2.11 bits per heavy atom. The second kappa shape index (κ2) is 6.36. The molecule has 0 N–H and O–H groups in total. The van der Waals surface area contributed by atoms with Crippen molar-refractivity contribution in [3.8, 4) is 11.5 Å². The Hall–Kier alpha value is -3.46. The molecule has 0 atom stereocenters. The van der Waals surface area contributed by atoms with Gasteiger partial charge in [-0.05, 0) is 30.7 Å². The second-order valence-corrected chi connectivity index (χ2v) is 6.70. The van der Waals surface area contributed by atoms with Gasteiger partial charge in [0.15, 0.2) is 4.96 Å². The lowest BCUT2D eigenvalue weighted by Gasteiger charge is -2.16. The van der Waals surface area contributed by atoms with Crippen LogP contribution in [0.1, 0.15) is 12.5 Å². The Bertz CT molecular complexity index is 1310. The number of nitro benzene ring substituents is 1. The normalized spacial score (nSPS) is 12.1. The van der Waals surface area contributed by atoms with E-state index >= 15 is 0 Å². The highest BCUT2D eigenvalue weighted by molar-refractivity contribution is 7.15. The number of aromatic nitrogens is 2. The van der Waals surface area contributed by atoms with Crippen molar-refractivity contribution in [2.24, 2.45) is 0 Å². The van der Waals surface area contributed by atoms with Gasteiger partial charge in [-0.1, -0.05) is 29.2 Å². The first kappa shape index (κ1) is 17.0. The molecule has 4 aromatic rings. The first-order valence-corrected chi connectivity index (χ1v) is 8.85. The molecule has 0 saturated carbocycles. The molecule has 4 rings (SSSR count). The van der Waals surface area contributed by atoms with Gasteiger partial charge >= 0.3 is 0 Å². The highest BCUT2D eigenvalue weighted by Gasteiger charge is 2.14. The number of nitrogens with zero attached hydrogens (tertiary/aromatic N) is 3. The lowest BCUT2D eigenvalue weighted by Crippen LogP contribution is -2.22. The number of fused-ring (bicyclic) bond motifs is 3. The van der Waals surface area contributed by atoms with Crippen LogP contribution in [0.25, 0.3) is 22.1 Å². The molecule has 0 amide bonds. The largest absolute Gasteiger partial charge is 0.870 e. The van der Waals surface area contributed by atoms with Crippen LogP contribution in [0.2, 0.25) is 0 Å². The molecule has 0 fully saturated rings. The van der Waals surface area contributed by atoms with Gasteiger partial charge in [-0.25, -0.2) is 9.38 Å². The first-order chi connectivity index (χ1) is 13.0. The highest BCUT2D eigenvalue weighted by atomic mass is 32.1. The van der Waals surface area contributed by atoms with Crippen molar-refractivity contribution in [1.29, 1.82) is 0 Å². The van der Waals surface area contributed by atoms with Gasteiger partial charge in [-0.3, -0.25) is 14.9 Å². The maximum absolute atomic E-state index is 12.8. The Kier molecular flexibility index (Phi) is 4.00. The fourth-order valence-corrected chi connectivity index (χ4v) is 3.81. The quantitative estimate of drug-likeness (QED) is 0.393. The molecule has 0 saturated heterocycles. The van der Waals surface area contributed by atoms with E-state index in [1.165, 1.54) is 10.5 Å². The van der Waals surface area contributed by atoms with Gasteiger partial charge in [-0.15, -0.1) is 0 Å². The molecular formula is C18H12N3O5S-. The standard InChI is InChI=1S/C18H13N3O5S/c1-2-26-14-9-11(21(24)25)7-10(16(14)22)8-15-17(23)20-13-6-4-3-5-12(13)19-18(20)27-15/h3-9,22H,2H2,1H3/p-1/b15-8-. The minimum absolute atomic E-state index is 0.0264. The Balaban J connectivity index is 1.97. The summed E-state index contributed by atoms with van der Waals surface area (Å²) < 4.78 is 6.94. The summed E-state index contributed by atoms with van der Waals surface area (Å²) in [5, 5.41) is 23.7. The van der Waals surface area contributed by atoms with E-state index in [0.717, 1.165) is 23.5 Å². The van der Waals surface area contributed by atoms with Crippen LogP contribution in [-0.2, 0) is 0 Å². The Morgan fingerprint density at radius 3 is 2.85 bits per heavy atom. The van der Waals surface area contributed by atoms with Crippen molar-refractivity contribution in [1.82, 2.24) is 9.38 Å². The second-order valence-electron chi connectivity index (χ2n) is 5.69. The first-order valence-electron chi connectivity index (χ1n) is 8.03. The summed E-state index contributed by atoms with van der Waals surface area (Å²) in [6.07, 6.45) is 1.36. The fourth-order valence-electron chi connectivity index (χ4n) is 2.84. The minimum atomic E-state index is -0.605. The van der Waals surface area contributed by atoms with Gasteiger partial charge in [0.05, 0.1) is 33.2 Å². The van der Waals surface area contributed by atoms with Gasteiger partial charge in [0.25, 0.3) is 11.2 Å². The van der Waals surface area contributed by atoms with Crippen molar-refractivity contribution in [3.63, 3.8) is 0 Å². The van der Waals surface area contributed by atoms with E-state index in [2.05, 4.69) is 4.98 Å². The van der Waals surface area contributed by atoms with Crippen molar-refractivity contribution >= 4 is 39.1 Å². The van der Waals surface area contributed by atoms with E-state index in [4.69, 9.17) is 4.74 Å². The van der Waals surface area contributed by atoms with Crippen LogP contribution in [-0.4, -0.2) is 20.9 Å². The summed E-state index contributed by atoms with van der Waals surface area (Å²) in [6.45, 7) is 1.87. The number of para-hydroxylation sites is 2. The molecule has 0 aliphatic rings. The summed E-state index contributed by atoms with van der Waals surface area (Å²) in [4.78, 5) is 28.2. The molecule has 0 spiro atoms. The molecule has 136 valence electrons. The average molecular weight is 382 g/mol. The fraction of sp³-hybridized carbons (Fsp3) is 0.111. The van der Waals surface area contributed by atoms with Crippen LogP contribution in [0.5, 0.6) is 11.5 Å². The van der Waals surface area contributed by atoms with E-state index < -0.39 is 10.7 Å². The molecule has 2 aromatic carbocycles. The van der Waals surface area contributed by atoms with Crippen molar-refractivity contribution in [2.75, 3.05) is 6.61 Å². The predicted octanol–water partition coefficient (Wildman–Crippen LogP) is 1.84. The number of non-ortho nitro benzene ring substituents is 1. The summed E-state index contributed by atoms with van der Waals surface area (Å²) in [5.74, 6) is -0.616. The average Bonchev–Trinajstić information content (AvgIpc) is 3.15. The molecule has 0 bridgehead atoms. The minimum Gasteiger partial charge on any atom is -0.870 e. The van der Waals surface area contributed by atoms with Crippen molar-refractivity contribution in [2.45, 2.75) is 6.92 Å². The third-order valence-electron chi connectivity index (χ3n) is 4.01. The SMILES string of the molecule is CCOc1cc([N+](=O)[O-])cc(/C=c2\sc3nc4ccccc4n3c2=O)c1[O-]. The summed E-state index contributed by atoms with van der Waals surface area (Å²) in [6, 6.07) is 9.47. The maximum Gasteiger partial charge on any atom is 0.274 e. The zero-order valence-electron chi connectivity index (χ0n) is 14.0. The number of hydrogen-bond acceptors (Lipinski definition) is 7. The zero-order valence-corrected chi connectivity index (χ0v) is 14.9. The van der Waals surface area contributed by atoms with Gasteiger partial charge in [0.1, 0.15) is 5.75 Å². The summed E-state index contributed by atoms with van der Waals surface area (Å²) in [5.41, 5.74) is 0.797. The Labute approximate surface area is 155 Å². The number of ether oxygens (including phenoxy) is 1. The smallest absolute Gasteiger partial charge is 0.274 e.